The molecule has 10 nitrogen and oxygen atoms in total. The van der Waals surface area contributed by atoms with Crippen LogP contribution in [0.5, 0.6) is 0 Å². The summed E-state index contributed by atoms with van der Waals surface area (Å²) in [4.78, 5) is 35.5. The van der Waals surface area contributed by atoms with Crippen molar-refractivity contribution in [2.75, 3.05) is 54.1 Å². The molecule has 3 aromatic rings. The van der Waals surface area contributed by atoms with Gasteiger partial charge >= 0.3 is 5.97 Å². The third kappa shape index (κ3) is 5.28. The third-order valence-corrected chi connectivity index (χ3v) is 6.87. The van der Waals surface area contributed by atoms with Crippen molar-refractivity contribution in [3.8, 4) is 11.3 Å². The van der Waals surface area contributed by atoms with Crippen LogP contribution in [0.25, 0.3) is 11.3 Å². The van der Waals surface area contributed by atoms with E-state index in [0.29, 0.717) is 56.9 Å². The molecular weight excluding hydrogens is 501 g/mol. The molecule has 37 heavy (non-hydrogen) atoms. The lowest BCUT2D eigenvalue weighted by atomic mass is 10.1. The summed E-state index contributed by atoms with van der Waals surface area (Å²) in [5.74, 6) is 0.359. The lowest BCUT2D eigenvalue weighted by Crippen LogP contribution is -2.53. The van der Waals surface area contributed by atoms with Crippen molar-refractivity contribution in [2.45, 2.75) is 25.9 Å². The van der Waals surface area contributed by atoms with Crippen LogP contribution in [-0.4, -0.2) is 82.5 Å². The number of nitrogens with zero attached hydrogens (tertiary/aromatic N) is 7. The second-order valence-corrected chi connectivity index (χ2v) is 9.56. The zero-order chi connectivity index (χ0) is 26.1. The Morgan fingerprint density at radius 3 is 2.54 bits per heavy atom. The fraction of sp³-hybridized carbons (Fsp3) is 0.400. The normalized spacial score (nSPS) is 20.3. The van der Waals surface area contributed by atoms with E-state index in [0.717, 1.165) is 11.4 Å². The van der Waals surface area contributed by atoms with Gasteiger partial charge in [-0.15, -0.1) is 0 Å². The Morgan fingerprint density at radius 2 is 1.86 bits per heavy atom. The molecule has 0 saturated carbocycles. The minimum Gasteiger partial charge on any atom is -0.476 e. The number of aromatic carboxylic acids is 1. The predicted octanol–water partition coefficient (Wildman–Crippen LogP) is 3.36. The molecular formula is C25H27ClFN7O3. The Labute approximate surface area is 218 Å². The van der Waals surface area contributed by atoms with Gasteiger partial charge in [0.1, 0.15) is 11.6 Å². The summed E-state index contributed by atoms with van der Waals surface area (Å²) in [5, 5.41) is 9.20. The first-order chi connectivity index (χ1) is 17.8. The molecule has 2 atom stereocenters. The minimum absolute atomic E-state index is 0.0247. The molecule has 2 aliphatic rings. The lowest BCUT2D eigenvalue weighted by Gasteiger charge is -2.41. The standard InChI is InChI=1S/C25H27ClFN7O3/c1-15-13-32(23-22(26)29-20(12-28-23)24(35)36)7-8-33(15)21-11-19(17-3-5-18(27)6-4-17)30-25(31-21)34-9-10-37-14-16(34)2/h3-6,11-12,15-16H,7-10,13-14H2,1-2H3,(H,35,36)/t15-,16?/m1/s1. The molecule has 1 N–H and O–H groups in total. The summed E-state index contributed by atoms with van der Waals surface area (Å²) >= 11 is 6.27. The monoisotopic (exact) mass is 527 g/mol. The van der Waals surface area contributed by atoms with Crippen LogP contribution in [0.4, 0.5) is 22.0 Å². The summed E-state index contributed by atoms with van der Waals surface area (Å²) in [6.07, 6.45) is 1.22. The fourth-order valence-electron chi connectivity index (χ4n) is 4.66. The number of carboxylic acids is 1. The Balaban J connectivity index is 1.44. The van der Waals surface area contributed by atoms with Crippen molar-refractivity contribution in [1.82, 2.24) is 19.9 Å². The first-order valence-corrected chi connectivity index (χ1v) is 12.4. The van der Waals surface area contributed by atoms with Crippen molar-refractivity contribution in [3.63, 3.8) is 0 Å². The molecule has 0 radical (unpaired) electrons. The van der Waals surface area contributed by atoms with E-state index in [-0.39, 0.29) is 28.7 Å². The maximum atomic E-state index is 13.6. The van der Waals surface area contributed by atoms with Crippen LogP contribution in [0.3, 0.4) is 0 Å². The van der Waals surface area contributed by atoms with Crippen LogP contribution in [0.1, 0.15) is 24.3 Å². The number of carbonyl (C=O) groups is 1. The van der Waals surface area contributed by atoms with Gasteiger partial charge in [0.25, 0.3) is 0 Å². The fourth-order valence-corrected chi connectivity index (χ4v) is 4.92. The van der Waals surface area contributed by atoms with Crippen LogP contribution in [0, 0.1) is 5.82 Å². The number of hydrogen-bond donors (Lipinski definition) is 1. The van der Waals surface area contributed by atoms with Crippen LogP contribution >= 0.6 is 11.6 Å². The highest BCUT2D eigenvalue weighted by Crippen LogP contribution is 2.30. The number of benzene rings is 1. The molecule has 0 bridgehead atoms. The van der Waals surface area contributed by atoms with E-state index in [2.05, 4.69) is 33.6 Å². The summed E-state index contributed by atoms with van der Waals surface area (Å²) in [6.45, 7) is 7.82. The molecule has 0 aliphatic carbocycles. The van der Waals surface area contributed by atoms with E-state index in [1.165, 1.54) is 18.3 Å². The summed E-state index contributed by atoms with van der Waals surface area (Å²) in [6, 6.07) is 8.37. The Kier molecular flexibility index (Phi) is 7.07. The number of piperazine rings is 1. The Bertz CT molecular complexity index is 1300. The van der Waals surface area contributed by atoms with Gasteiger partial charge in [-0.25, -0.2) is 24.1 Å². The van der Waals surface area contributed by atoms with E-state index in [4.69, 9.17) is 31.4 Å². The lowest BCUT2D eigenvalue weighted by molar-refractivity contribution is 0.0690. The topological polar surface area (TPSA) is 108 Å². The van der Waals surface area contributed by atoms with Gasteiger partial charge in [0.15, 0.2) is 16.7 Å². The summed E-state index contributed by atoms with van der Waals surface area (Å²) < 4.78 is 19.2. The number of halogens is 2. The molecule has 2 aliphatic heterocycles. The van der Waals surface area contributed by atoms with Gasteiger partial charge in [-0.2, -0.15) is 4.98 Å². The molecule has 194 valence electrons. The van der Waals surface area contributed by atoms with Gasteiger partial charge in [-0.3, -0.25) is 0 Å². The van der Waals surface area contributed by atoms with Crippen molar-refractivity contribution in [1.29, 1.82) is 0 Å². The summed E-state index contributed by atoms with van der Waals surface area (Å²) in [5.41, 5.74) is 1.32. The molecule has 1 unspecified atom stereocenters. The van der Waals surface area contributed by atoms with E-state index < -0.39 is 5.97 Å². The van der Waals surface area contributed by atoms with Gasteiger partial charge in [0.05, 0.1) is 31.1 Å². The van der Waals surface area contributed by atoms with Gasteiger partial charge in [-0.1, -0.05) is 11.6 Å². The molecule has 4 heterocycles. The van der Waals surface area contributed by atoms with Crippen molar-refractivity contribution in [3.05, 3.63) is 53.2 Å². The highest BCUT2D eigenvalue weighted by molar-refractivity contribution is 6.31. The highest BCUT2D eigenvalue weighted by atomic mass is 35.5. The number of anilines is 3. The number of morpholine rings is 1. The first kappa shape index (κ1) is 25.1. The van der Waals surface area contributed by atoms with Gasteiger partial charge in [-0.05, 0) is 38.1 Å². The molecule has 2 saturated heterocycles. The largest absolute Gasteiger partial charge is 0.476 e. The maximum absolute atomic E-state index is 13.6. The second kappa shape index (κ2) is 10.4. The van der Waals surface area contributed by atoms with Crippen LogP contribution in [-0.2, 0) is 4.74 Å². The van der Waals surface area contributed by atoms with E-state index >= 15 is 0 Å². The SMILES string of the molecule is CC1COCCN1c1nc(-c2ccc(F)cc2)cc(N2CCN(c3ncc(C(=O)O)nc3Cl)C[C@H]2C)n1. The molecule has 12 heteroatoms. The average molecular weight is 528 g/mol. The zero-order valence-corrected chi connectivity index (χ0v) is 21.3. The van der Waals surface area contributed by atoms with Crippen molar-refractivity contribution in [2.24, 2.45) is 0 Å². The predicted molar refractivity (Wildman–Crippen MR) is 138 cm³/mol. The Morgan fingerprint density at radius 1 is 1.08 bits per heavy atom. The first-order valence-electron chi connectivity index (χ1n) is 12.1. The molecule has 2 fully saturated rings. The average Bonchev–Trinajstić information content (AvgIpc) is 2.89. The second-order valence-electron chi connectivity index (χ2n) is 9.20. The summed E-state index contributed by atoms with van der Waals surface area (Å²) in [7, 11) is 0. The molecule has 2 aromatic heterocycles. The van der Waals surface area contributed by atoms with Crippen LogP contribution in [0.2, 0.25) is 5.15 Å². The van der Waals surface area contributed by atoms with Gasteiger partial charge in [0, 0.05) is 43.9 Å². The van der Waals surface area contributed by atoms with Crippen LogP contribution < -0.4 is 14.7 Å². The van der Waals surface area contributed by atoms with Gasteiger partial charge < -0.3 is 24.5 Å². The van der Waals surface area contributed by atoms with Gasteiger partial charge in [0.2, 0.25) is 5.95 Å². The number of ether oxygens (including phenoxy) is 1. The smallest absolute Gasteiger partial charge is 0.356 e. The van der Waals surface area contributed by atoms with E-state index in [1.807, 2.05) is 11.0 Å². The van der Waals surface area contributed by atoms with E-state index in [1.54, 1.807) is 12.1 Å². The van der Waals surface area contributed by atoms with Crippen molar-refractivity contribution < 1.29 is 19.0 Å². The molecule has 1 aromatic carbocycles. The van der Waals surface area contributed by atoms with E-state index in [9.17, 15) is 9.18 Å². The number of rotatable bonds is 5. The van der Waals surface area contributed by atoms with Crippen LogP contribution in [0.15, 0.2) is 36.5 Å². The highest BCUT2D eigenvalue weighted by Gasteiger charge is 2.30. The third-order valence-electron chi connectivity index (χ3n) is 6.62. The number of aromatic nitrogens is 4. The zero-order valence-electron chi connectivity index (χ0n) is 20.5. The maximum Gasteiger partial charge on any atom is 0.356 e. The molecule has 5 rings (SSSR count). The number of hydrogen-bond acceptors (Lipinski definition) is 9. The molecule has 0 spiro atoms. The minimum atomic E-state index is -1.18. The molecule has 0 amide bonds. The number of carboxylic acid groups (broad SMARTS) is 1. The quantitative estimate of drug-likeness (QED) is 0.530. The Hall–Kier alpha value is -3.57. The van der Waals surface area contributed by atoms with Crippen molar-refractivity contribution >= 4 is 35.2 Å².